The molecular formula is C18H21FN2O3S. The predicted octanol–water partition coefficient (Wildman–Crippen LogP) is 3.25. The van der Waals surface area contributed by atoms with Crippen LogP contribution in [0.4, 0.5) is 4.39 Å². The number of aromatic nitrogens is 1. The number of hydrogen-bond donors (Lipinski definition) is 1. The molecule has 0 aliphatic carbocycles. The Morgan fingerprint density at radius 1 is 1.52 bits per heavy atom. The molecule has 1 aliphatic rings. The number of ether oxygens (including phenoxy) is 1. The molecule has 1 N–H and O–H groups in total. The molecule has 134 valence electrons. The molecule has 0 unspecified atom stereocenters. The van der Waals surface area contributed by atoms with Gasteiger partial charge in [-0.05, 0) is 38.0 Å². The Balaban J connectivity index is 1.91. The molecular weight excluding hydrogens is 343 g/mol. The topological polar surface area (TPSA) is 62.7 Å². The summed E-state index contributed by atoms with van der Waals surface area (Å²) in [5.74, 6) is -0.535. The van der Waals surface area contributed by atoms with Gasteiger partial charge < -0.3 is 14.7 Å². The van der Waals surface area contributed by atoms with Crippen LogP contribution in [0, 0.1) is 12.7 Å². The van der Waals surface area contributed by atoms with Crippen LogP contribution in [0.15, 0.2) is 24.3 Å². The third-order valence-corrected chi connectivity index (χ3v) is 5.79. The number of halogens is 1. The fourth-order valence-corrected chi connectivity index (χ4v) is 4.14. The molecule has 0 saturated carbocycles. The van der Waals surface area contributed by atoms with Gasteiger partial charge in [0, 0.05) is 13.7 Å². The Morgan fingerprint density at radius 3 is 2.96 bits per heavy atom. The number of carbonyl (C=O) groups is 1. The molecule has 0 bridgehead atoms. The molecule has 25 heavy (non-hydrogen) atoms. The van der Waals surface area contributed by atoms with Crippen molar-refractivity contribution >= 4 is 17.2 Å². The molecule has 5 nitrogen and oxygen atoms in total. The van der Waals surface area contributed by atoms with Gasteiger partial charge in [0.2, 0.25) is 0 Å². The maximum Gasteiger partial charge on any atom is 0.266 e. The van der Waals surface area contributed by atoms with Gasteiger partial charge >= 0.3 is 0 Å². The molecule has 0 radical (unpaired) electrons. The summed E-state index contributed by atoms with van der Waals surface area (Å²) >= 11 is 1.31. The highest BCUT2D eigenvalue weighted by Gasteiger charge is 2.37. The SMILES string of the molecule is CO[C@H](C)c1nc(C)c(C(=O)N2C[C@@H](O)C[C@H]2c2cccc(F)c2)s1. The van der Waals surface area contributed by atoms with Crippen LogP contribution >= 0.6 is 11.3 Å². The van der Waals surface area contributed by atoms with Gasteiger partial charge in [-0.3, -0.25) is 4.79 Å². The van der Waals surface area contributed by atoms with E-state index in [0.29, 0.717) is 22.6 Å². The molecule has 0 spiro atoms. The van der Waals surface area contributed by atoms with Crippen LogP contribution in [0.5, 0.6) is 0 Å². The number of thiazole rings is 1. The third kappa shape index (κ3) is 3.58. The minimum atomic E-state index is -0.622. The van der Waals surface area contributed by atoms with E-state index in [4.69, 9.17) is 4.74 Å². The van der Waals surface area contributed by atoms with Crippen molar-refractivity contribution in [2.75, 3.05) is 13.7 Å². The second kappa shape index (κ2) is 7.19. The van der Waals surface area contributed by atoms with E-state index in [0.717, 1.165) is 5.01 Å². The van der Waals surface area contributed by atoms with Gasteiger partial charge in [-0.25, -0.2) is 9.37 Å². The first-order valence-electron chi connectivity index (χ1n) is 8.15. The van der Waals surface area contributed by atoms with E-state index >= 15 is 0 Å². The van der Waals surface area contributed by atoms with Crippen molar-refractivity contribution in [3.05, 3.63) is 51.2 Å². The number of likely N-dealkylation sites (tertiary alicyclic amines) is 1. The van der Waals surface area contributed by atoms with Crippen LogP contribution < -0.4 is 0 Å². The van der Waals surface area contributed by atoms with Crippen molar-refractivity contribution < 1.29 is 19.0 Å². The second-order valence-corrected chi connectivity index (χ2v) is 7.29. The molecule has 3 atom stereocenters. The number of benzene rings is 1. The van der Waals surface area contributed by atoms with Crippen molar-refractivity contribution in [3.8, 4) is 0 Å². The number of nitrogens with zero attached hydrogens (tertiary/aromatic N) is 2. The van der Waals surface area contributed by atoms with Gasteiger partial charge in [0.15, 0.2) is 0 Å². The number of methoxy groups -OCH3 is 1. The van der Waals surface area contributed by atoms with E-state index < -0.39 is 6.10 Å². The number of aliphatic hydroxyl groups is 1. The average Bonchev–Trinajstić information content (AvgIpc) is 3.16. The van der Waals surface area contributed by atoms with Crippen LogP contribution in [0.25, 0.3) is 0 Å². The Bertz CT molecular complexity index is 779. The molecule has 1 aliphatic heterocycles. The fraction of sp³-hybridized carbons (Fsp3) is 0.444. The summed E-state index contributed by atoms with van der Waals surface area (Å²) in [4.78, 5) is 19.6. The summed E-state index contributed by atoms with van der Waals surface area (Å²) in [6.45, 7) is 3.90. The molecule has 1 saturated heterocycles. The molecule has 2 heterocycles. The van der Waals surface area contributed by atoms with Gasteiger partial charge in [-0.2, -0.15) is 0 Å². The zero-order valence-electron chi connectivity index (χ0n) is 14.4. The van der Waals surface area contributed by atoms with Crippen molar-refractivity contribution in [2.45, 2.75) is 38.5 Å². The van der Waals surface area contributed by atoms with Crippen LogP contribution in [-0.2, 0) is 4.74 Å². The first kappa shape index (κ1) is 18.0. The maximum atomic E-state index is 13.6. The number of amides is 1. The van der Waals surface area contributed by atoms with Gasteiger partial charge in [-0.15, -0.1) is 11.3 Å². The minimum absolute atomic E-state index is 0.185. The summed E-state index contributed by atoms with van der Waals surface area (Å²) in [6.07, 6.45) is -0.412. The standard InChI is InChI=1S/C18H21FN2O3S/c1-10-16(25-17(20-10)11(2)24-3)18(23)21-9-14(22)8-15(21)12-5-4-6-13(19)7-12/h4-7,11,14-15,22H,8-9H2,1-3H3/t11-,14+,15+/m1/s1. The Morgan fingerprint density at radius 2 is 2.28 bits per heavy atom. The summed E-state index contributed by atoms with van der Waals surface area (Å²) in [7, 11) is 1.60. The van der Waals surface area contributed by atoms with E-state index in [1.807, 2.05) is 6.92 Å². The quantitative estimate of drug-likeness (QED) is 0.905. The number of β-amino-alcohol motifs (C(OH)–C–C–N with tert-alkyl or cyclic N) is 1. The van der Waals surface area contributed by atoms with Crippen LogP contribution in [0.1, 0.15) is 51.4 Å². The molecule has 1 aromatic heterocycles. The lowest BCUT2D eigenvalue weighted by Crippen LogP contribution is -2.31. The molecule has 7 heteroatoms. The number of hydrogen-bond acceptors (Lipinski definition) is 5. The lowest BCUT2D eigenvalue weighted by molar-refractivity contribution is 0.0719. The Kier molecular flexibility index (Phi) is 5.17. The minimum Gasteiger partial charge on any atom is -0.391 e. The summed E-state index contributed by atoms with van der Waals surface area (Å²) in [5.41, 5.74) is 1.34. The van der Waals surface area contributed by atoms with Crippen molar-refractivity contribution in [3.63, 3.8) is 0 Å². The maximum absolute atomic E-state index is 13.6. The third-order valence-electron chi connectivity index (χ3n) is 4.48. The van der Waals surface area contributed by atoms with Crippen molar-refractivity contribution in [2.24, 2.45) is 0 Å². The van der Waals surface area contributed by atoms with Gasteiger partial charge in [-0.1, -0.05) is 12.1 Å². The van der Waals surface area contributed by atoms with Crippen LogP contribution in [-0.4, -0.2) is 40.7 Å². The lowest BCUT2D eigenvalue weighted by Gasteiger charge is -2.24. The predicted molar refractivity (Wildman–Crippen MR) is 93.1 cm³/mol. The fourth-order valence-electron chi connectivity index (χ4n) is 3.09. The molecule has 3 rings (SSSR count). The van der Waals surface area contributed by atoms with E-state index in [1.54, 1.807) is 31.1 Å². The van der Waals surface area contributed by atoms with Crippen LogP contribution in [0.2, 0.25) is 0 Å². The van der Waals surface area contributed by atoms with Crippen molar-refractivity contribution in [1.82, 2.24) is 9.88 Å². The largest absolute Gasteiger partial charge is 0.391 e. The van der Waals surface area contributed by atoms with E-state index in [2.05, 4.69) is 4.98 Å². The summed E-state index contributed by atoms with van der Waals surface area (Å²) in [6, 6.07) is 5.84. The van der Waals surface area contributed by atoms with Gasteiger partial charge in [0.25, 0.3) is 5.91 Å². The average molecular weight is 364 g/mol. The zero-order valence-corrected chi connectivity index (χ0v) is 15.2. The smallest absolute Gasteiger partial charge is 0.266 e. The monoisotopic (exact) mass is 364 g/mol. The number of carbonyl (C=O) groups excluding carboxylic acids is 1. The highest BCUT2D eigenvalue weighted by Crippen LogP contribution is 2.35. The Labute approximate surface area is 150 Å². The Hall–Kier alpha value is -1.83. The van der Waals surface area contributed by atoms with Gasteiger partial charge in [0.05, 0.1) is 17.8 Å². The number of aliphatic hydroxyl groups excluding tert-OH is 1. The zero-order chi connectivity index (χ0) is 18.1. The van der Waals surface area contributed by atoms with Gasteiger partial charge in [0.1, 0.15) is 21.8 Å². The highest BCUT2D eigenvalue weighted by molar-refractivity contribution is 7.13. The first-order valence-corrected chi connectivity index (χ1v) is 8.97. The molecule has 1 fully saturated rings. The van der Waals surface area contributed by atoms with Crippen molar-refractivity contribution in [1.29, 1.82) is 0 Å². The lowest BCUT2D eigenvalue weighted by atomic mass is 10.0. The molecule has 1 aromatic carbocycles. The van der Waals surface area contributed by atoms with E-state index in [9.17, 15) is 14.3 Å². The molecule has 2 aromatic rings. The normalized spacial score (nSPS) is 21.6. The summed E-state index contributed by atoms with van der Waals surface area (Å²) < 4.78 is 18.8. The highest BCUT2D eigenvalue weighted by atomic mass is 32.1. The summed E-state index contributed by atoms with van der Waals surface area (Å²) in [5, 5.41) is 10.8. The van der Waals surface area contributed by atoms with E-state index in [1.165, 1.54) is 23.5 Å². The van der Waals surface area contributed by atoms with Crippen LogP contribution in [0.3, 0.4) is 0 Å². The number of aryl methyl sites for hydroxylation is 1. The second-order valence-electron chi connectivity index (χ2n) is 6.26. The van der Waals surface area contributed by atoms with E-state index in [-0.39, 0.29) is 30.4 Å². The number of rotatable bonds is 4. The first-order chi connectivity index (χ1) is 11.9. The molecule has 1 amide bonds.